The van der Waals surface area contributed by atoms with Gasteiger partial charge in [-0.3, -0.25) is 4.99 Å². The number of aliphatic imine (C=N–C) groups is 1. The number of hydrogen-bond acceptors (Lipinski definition) is 5. The maximum absolute atomic E-state index is 5.49. The zero-order valence-corrected chi connectivity index (χ0v) is 20.8. The van der Waals surface area contributed by atoms with Crippen LogP contribution in [0.5, 0.6) is 11.5 Å². The Balaban J connectivity index is 0.00000392. The number of benzene rings is 1. The minimum atomic E-state index is 0. The highest BCUT2D eigenvalue weighted by Crippen LogP contribution is 2.26. The lowest BCUT2D eigenvalue weighted by Gasteiger charge is -2.23. The van der Waals surface area contributed by atoms with Gasteiger partial charge in [0.2, 0.25) is 0 Å². The summed E-state index contributed by atoms with van der Waals surface area (Å²) >= 11 is 1.70. The van der Waals surface area contributed by atoms with E-state index in [1.165, 1.54) is 0 Å². The molecule has 0 saturated carbocycles. The molecule has 2 rings (SSSR count). The van der Waals surface area contributed by atoms with E-state index in [4.69, 9.17) is 14.5 Å². The number of thiazole rings is 1. The molecule has 0 spiro atoms. The van der Waals surface area contributed by atoms with Crippen molar-refractivity contribution in [2.75, 3.05) is 28.3 Å². The number of ether oxygens (including phenoxy) is 2. The third-order valence-corrected chi connectivity index (χ3v) is 5.41. The lowest BCUT2D eigenvalue weighted by atomic mass is 9.98. The molecule has 0 unspecified atom stereocenters. The number of nitrogens with one attached hydrogen (secondary N) is 1. The van der Waals surface area contributed by atoms with Crippen molar-refractivity contribution in [3.63, 3.8) is 0 Å². The lowest BCUT2D eigenvalue weighted by molar-refractivity contribution is 0.382. The largest absolute Gasteiger partial charge is 0.497 e. The fourth-order valence-corrected chi connectivity index (χ4v) is 3.51. The van der Waals surface area contributed by atoms with Gasteiger partial charge >= 0.3 is 0 Å². The number of rotatable bonds is 6. The van der Waals surface area contributed by atoms with E-state index in [1.807, 2.05) is 25.2 Å². The average molecular weight is 518 g/mol. The minimum Gasteiger partial charge on any atom is -0.497 e. The molecule has 156 valence electrons. The SMILES string of the molecule is CN=C(NCc1csc(C(C)(C)C)n1)N(C)Cc1ccc(OC)cc1OC.I. The average Bonchev–Trinajstić information content (AvgIpc) is 3.12. The molecule has 2 aromatic rings. The van der Waals surface area contributed by atoms with Gasteiger partial charge in [0.05, 0.1) is 31.5 Å². The molecule has 0 radical (unpaired) electrons. The smallest absolute Gasteiger partial charge is 0.194 e. The summed E-state index contributed by atoms with van der Waals surface area (Å²) in [6.45, 7) is 7.84. The molecular formula is C20H31IN4O2S. The summed E-state index contributed by atoms with van der Waals surface area (Å²) in [6, 6.07) is 5.84. The molecule has 8 heteroatoms. The monoisotopic (exact) mass is 518 g/mol. The van der Waals surface area contributed by atoms with Gasteiger partial charge in [0, 0.05) is 43.1 Å². The van der Waals surface area contributed by atoms with Crippen LogP contribution in [0.1, 0.15) is 37.0 Å². The fourth-order valence-electron chi connectivity index (χ4n) is 2.60. The van der Waals surface area contributed by atoms with Crippen LogP contribution in [0.4, 0.5) is 0 Å². The van der Waals surface area contributed by atoms with Crippen molar-refractivity contribution in [3.05, 3.63) is 39.8 Å². The molecule has 0 aliphatic heterocycles. The van der Waals surface area contributed by atoms with E-state index < -0.39 is 0 Å². The van der Waals surface area contributed by atoms with E-state index in [1.54, 1.807) is 32.6 Å². The van der Waals surface area contributed by atoms with Crippen molar-refractivity contribution in [1.82, 2.24) is 15.2 Å². The molecule has 28 heavy (non-hydrogen) atoms. The molecule has 0 bridgehead atoms. The summed E-state index contributed by atoms with van der Waals surface area (Å²) in [4.78, 5) is 11.2. The maximum Gasteiger partial charge on any atom is 0.194 e. The molecular weight excluding hydrogens is 487 g/mol. The van der Waals surface area contributed by atoms with Gasteiger partial charge in [0.15, 0.2) is 5.96 Å². The van der Waals surface area contributed by atoms with E-state index in [9.17, 15) is 0 Å². The summed E-state index contributed by atoms with van der Waals surface area (Å²) in [5, 5.41) is 6.63. The topological polar surface area (TPSA) is 59.0 Å². The van der Waals surface area contributed by atoms with Crippen molar-refractivity contribution in [1.29, 1.82) is 0 Å². The molecule has 0 amide bonds. The second kappa shape index (κ2) is 10.8. The quantitative estimate of drug-likeness (QED) is 0.352. The number of aromatic nitrogens is 1. The van der Waals surface area contributed by atoms with Gasteiger partial charge in [-0.15, -0.1) is 35.3 Å². The Labute approximate surface area is 189 Å². The van der Waals surface area contributed by atoms with Crippen molar-refractivity contribution < 1.29 is 9.47 Å². The Bertz CT molecular complexity index is 787. The molecule has 1 aromatic carbocycles. The predicted molar refractivity (Wildman–Crippen MR) is 127 cm³/mol. The number of nitrogens with zero attached hydrogens (tertiary/aromatic N) is 3. The zero-order valence-electron chi connectivity index (χ0n) is 17.7. The Morgan fingerprint density at radius 2 is 1.96 bits per heavy atom. The Hall–Kier alpha value is -1.55. The second-order valence-corrected chi connectivity index (χ2v) is 8.19. The molecule has 0 saturated heterocycles. The number of guanidine groups is 1. The molecule has 1 heterocycles. The Morgan fingerprint density at radius 1 is 1.25 bits per heavy atom. The lowest BCUT2D eigenvalue weighted by Crippen LogP contribution is -2.38. The van der Waals surface area contributed by atoms with Crippen molar-refractivity contribution in [2.24, 2.45) is 4.99 Å². The van der Waals surface area contributed by atoms with Gasteiger partial charge in [-0.1, -0.05) is 20.8 Å². The molecule has 1 N–H and O–H groups in total. The van der Waals surface area contributed by atoms with Gasteiger partial charge in [0.1, 0.15) is 11.5 Å². The first-order valence-electron chi connectivity index (χ1n) is 8.86. The molecule has 6 nitrogen and oxygen atoms in total. The van der Waals surface area contributed by atoms with Gasteiger partial charge in [-0.05, 0) is 12.1 Å². The van der Waals surface area contributed by atoms with E-state index in [-0.39, 0.29) is 29.4 Å². The summed E-state index contributed by atoms with van der Waals surface area (Å²) in [5.74, 6) is 2.38. The van der Waals surface area contributed by atoms with Crippen LogP contribution in [0.3, 0.4) is 0 Å². The number of methoxy groups -OCH3 is 2. The highest BCUT2D eigenvalue weighted by atomic mass is 127. The first-order chi connectivity index (χ1) is 12.8. The van der Waals surface area contributed by atoms with Crippen LogP contribution in [0.2, 0.25) is 0 Å². The first-order valence-corrected chi connectivity index (χ1v) is 9.74. The Morgan fingerprint density at radius 3 is 2.50 bits per heavy atom. The van der Waals surface area contributed by atoms with E-state index in [0.717, 1.165) is 33.7 Å². The van der Waals surface area contributed by atoms with Gasteiger partial charge in [-0.2, -0.15) is 0 Å². The molecule has 1 aromatic heterocycles. The third-order valence-electron chi connectivity index (χ3n) is 4.10. The van der Waals surface area contributed by atoms with Crippen LogP contribution in [-0.4, -0.2) is 44.2 Å². The summed E-state index contributed by atoms with van der Waals surface area (Å²) in [5.41, 5.74) is 2.17. The van der Waals surface area contributed by atoms with Gasteiger partial charge < -0.3 is 19.7 Å². The minimum absolute atomic E-state index is 0. The zero-order chi connectivity index (χ0) is 20.0. The predicted octanol–water partition coefficient (Wildman–Crippen LogP) is 4.28. The van der Waals surface area contributed by atoms with Crippen molar-refractivity contribution in [2.45, 2.75) is 39.3 Å². The molecule has 0 atom stereocenters. The normalized spacial score (nSPS) is 11.6. The van der Waals surface area contributed by atoms with Crippen LogP contribution in [0, 0.1) is 0 Å². The van der Waals surface area contributed by atoms with Crippen LogP contribution in [0.15, 0.2) is 28.6 Å². The van der Waals surface area contributed by atoms with Crippen molar-refractivity contribution >= 4 is 41.3 Å². The van der Waals surface area contributed by atoms with Crippen LogP contribution >= 0.6 is 35.3 Å². The standard InChI is InChI=1S/C20H30N4O2S.HI/c1-20(2,3)18-23-15(13-27-18)11-22-19(21-4)24(5)12-14-8-9-16(25-6)10-17(14)26-7;/h8-10,13H,11-12H2,1-7H3,(H,21,22);1H. The van der Waals surface area contributed by atoms with Crippen molar-refractivity contribution in [3.8, 4) is 11.5 Å². The van der Waals surface area contributed by atoms with Crippen LogP contribution in [0.25, 0.3) is 0 Å². The fraction of sp³-hybridized carbons (Fsp3) is 0.500. The summed E-state index contributed by atoms with van der Waals surface area (Å²) < 4.78 is 10.8. The summed E-state index contributed by atoms with van der Waals surface area (Å²) in [7, 11) is 7.10. The highest BCUT2D eigenvalue weighted by Gasteiger charge is 2.18. The third kappa shape index (κ3) is 6.51. The Kier molecular flexibility index (Phi) is 9.49. The number of halogens is 1. The highest BCUT2D eigenvalue weighted by molar-refractivity contribution is 14.0. The molecule has 0 aliphatic rings. The molecule has 0 aliphatic carbocycles. The van der Waals surface area contributed by atoms with Crippen LogP contribution in [-0.2, 0) is 18.5 Å². The first kappa shape index (κ1) is 24.5. The van der Waals surface area contributed by atoms with E-state index in [0.29, 0.717) is 13.1 Å². The van der Waals surface area contributed by atoms with Gasteiger partial charge in [0.25, 0.3) is 0 Å². The van der Waals surface area contributed by atoms with E-state index >= 15 is 0 Å². The van der Waals surface area contributed by atoms with Crippen LogP contribution < -0.4 is 14.8 Å². The molecule has 0 fully saturated rings. The van der Waals surface area contributed by atoms with E-state index in [2.05, 4.69) is 41.4 Å². The summed E-state index contributed by atoms with van der Waals surface area (Å²) in [6.07, 6.45) is 0. The van der Waals surface area contributed by atoms with Gasteiger partial charge in [-0.25, -0.2) is 4.98 Å². The number of hydrogen-bond donors (Lipinski definition) is 1. The maximum atomic E-state index is 5.49. The second-order valence-electron chi connectivity index (χ2n) is 7.33.